The van der Waals surface area contributed by atoms with Gasteiger partial charge in [-0.05, 0) is 63.5 Å². The van der Waals surface area contributed by atoms with E-state index in [-0.39, 0.29) is 0 Å². The molecule has 2 nitrogen and oxygen atoms in total. The van der Waals surface area contributed by atoms with Gasteiger partial charge in [-0.25, -0.2) is 0 Å². The average molecular weight is 266 g/mol. The van der Waals surface area contributed by atoms with Gasteiger partial charge < -0.3 is 10.2 Å². The van der Waals surface area contributed by atoms with E-state index in [1.165, 1.54) is 58.2 Å². The molecule has 1 N–H and O–H groups in total. The van der Waals surface area contributed by atoms with E-state index in [0.29, 0.717) is 11.5 Å². The van der Waals surface area contributed by atoms with E-state index in [9.17, 15) is 0 Å². The minimum Gasteiger partial charge on any atom is -0.310 e. The molecule has 0 radical (unpaired) electrons. The Morgan fingerprint density at radius 2 is 1.84 bits per heavy atom. The molecule has 0 spiro atoms. The second-order valence-corrected chi connectivity index (χ2v) is 8.04. The van der Waals surface area contributed by atoms with E-state index in [2.05, 4.69) is 37.9 Å². The lowest BCUT2D eigenvalue weighted by molar-refractivity contribution is 0.135. The van der Waals surface area contributed by atoms with E-state index >= 15 is 0 Å². The third-order valence-electron chi connectivity index (χ3n) is 4.89. The SMILES string of the molecule is CC1CC(NC(C)CN2CCCCC2)CC(C)(C)C1. The molecule has 1 heterocycles. The fraction of sp³-hybridized carbons (Fsp3) is 1.00. The van der Waals surface area contributed by atoms with Crippen molar-refractivity contribution in [2.24, 2.45) is 11.3 Å². The van der Waals surface area contributed by atoms with Crippen molar-refractivity contribution < 1.29 is 0 Å². The third-order valence-corrected chi connectivity index (χ3v) is 4.89. The first-order chi connectivity index (χ1) is 8.94. The first-order valence-corrected chi connectivity index (χ1v) is 8.43. The highest BCUT2D eigenvalue weighted by atomic mass is 15.2. The largest absolute Gasteiger partial charge is 0.310 e. The van der Waals surface area contributed by atoms with Gasteiger partial charge in [0.1, 0.15) is 0 Å². The van der Waals surface area contributed by atoms with Crippen molar-refractivity contribution in [3.05, 3.63) is 0 Å². The summed E-state index contributed by atoms with van der Waals surface area (Å²) in [5.41, 5.74) is 0.528. The number of nitrogens with one attached hydrogen (secondary N) is 1. The van der Waals surface area contributed by atoms with Gasteiger partial charge >= 0.3 is 0 Å². The summed E-state index contributed by atoms with van der Waals surface area (Å²) in [5.74, 6) is 0.878. The van der Waals surface area contributed by atoms with Crippen LogP contribution < -0.4 is 5.32 Å². The minimum absolute atomic E-state index is 0.528. The molecule has 0 aromatic rings. The van der Waals surface area contributed by atoms with Gasteiger partial charge in [-0.3, -0.25) is 0 Å². The van der Waals surface area contributed by atoms with Gasteiger partial charge in [-0.1, -0.05) is 27.2 Å². The lowest BCUT2D eigenvalue weighted by Gasteiger charge is -2.41. The molecule has 1 saturated heterocycles. The van der Waals surface area contributed by atoms with Crippen LogP contribution in [-0.2, 0) is 0 Å². The monoisotopic (exact) mass is 266 g/mol. The molecule has 1 aliphatic heterocycles. The van der Waals surface area contributed by atoms with E-state index < -0.39 is 0 Å². The van der Waals surface area contributed by atoms with Gasteiger partial charge in [0.05, 0.1) is 0 Å². The van der Waals surface area contributed by atoms with Crippen molar-refractivity contribution in [3.8, 4) is 0 Å². The number of hydrogen-bond donors (Lipinski definition) is 1. The Bertz CT molecular complexity index is 268. The smallest absolute Gasteiger partial charge is 0.0169 e. The van der Waals surface area contributed by atoms with E-state index in [1.54, 1.807) is 0 Å². The number of likely N-dealkylation sites (tertiary alicyclic amines) is 1. The van der Waals surface area contributed by atoms with Crippen molar-refractivity contribution in [3.63, 3.8) is 0 Å². The highest BCUT2D eigenvalue weighted by Crippen LogP contribution is 2.38. The summed E-state index contributed by atoms with van der Waals surface area (Å²) in [7, 11) is 0. The third kappa shape index (κ3) is 5.07. The summed E-state index contributed by atoms with van der Waals surface area (Å²) in [5, 5.41) is 3.91. The van der Waals surface area contributed by atoms with Crippen LogP contribution in [0.2, 0.25) is 0 Å². The maximum atomic E-state index is 3.91. The fourth-order valence-corrected chi connectivity index (χ4v) is 4.46. The van der Waals surface area contributed by atoms with Crippen molar-refractivity contribution in [1.82, 2.24) is 10.2 Å². The predicted molar refractivity (Wildman–Crippen MR) is 83.5 cm³/mol. The Labute approximate surface area is 120 Å². The Morgan fingerprint density at radius 1 is 1.16 bits per heavy atom. The van der Waals surface area contributed by atoms with Crippen molar-refractivity contribution in [2.75, 3.05) is 19.6 Å². The van der Waals surface area contributed by atoms with Crippen molar-refractivity contribution >= 4 is 0 Å². The van der Waals surface area contributed by atoms with Crippen LogP contribution in [0.25, 0.3) is 0 Å². The van der Waals surface area contributed by atoms with Gasteiger partial charge in [0.25, 0.3) is 0 Å². The Morgan fingerprint density at radius 3 is 2.47 bits per heavy atom. The first kappa shape index (κ1) is 15.3. The second-order valence-electron chi connectivity index (χ2n) is 8.04. The van der Waals surface area contributed by atoms with E-state index in [0.717, 1.165) is 12.0 Å². The molecule has 2 rings (SSSR count). The van der Waals surface area contributed by atoms with Gasteiger partial charge in [0.15, 0.2) is 0 Å². The van der Waals surface area contributed by atoms with Gasteiger partial charge in [-0.2, -0.15) is 0 Å². The Kier molecular flexibility index (Phi) is 5.30. The second kappa shape index (κ2) is 6.58. The molecular weight excluding hydrogens is 232 g/mol. The molecular formula is C17H34N2. The van der Waals surface area contributed by atoms with Crippen LogP contribution in [-0.4, -0.2) is 36.6 Å². The molecule has 2 aliphatic rings. The standard InChI is InChI=1S/C17H34N2/c1-14-10-16(12-17(3,4)11-14)18-15(2)13-19-8-6-5-7-9-19/h14-16,18H,5-13H2,1-4H3. The van der Waals surface area contributed by atoms with Crippen LogP contribution in [0.15, 0.2) is 0 Å². The summed E-state index contributed by atoms with van der Waals surface area (Å²) in [6, 6.07) is 1.38. The number of hydrogen-bond acceptors (Lipinski definition) is 2. The first-order valence-electron chi connectivity index (χ1n) is 8.43. The maximum absolute atomic E-state index is 3.91. The van der Waals surface area contributed by atoms with Gasteiger partial charge in [-0.15, -0.1) is 0 Å². The molecule has 0 aromatic carbocycles. The normalized spacial score (nSPS) is 34.1. The van der Waals surface area contributed by atoms with Crippen LogP contribution in [0.4, 0.5) is 0 Å². The molecule has 0 bridgehead atoms. The highest BCUT2D eigenvalue weighted by Gasteiger charge is 2.32. The Balaban J connectivity index is 1.76. The number of rotatable bonds is 4. The van der Waals surface area contributed by atoms with Crippen LogP contribution >= 0.6 is 0 Å². The van der Waals surface area contributed by atoms with Crippen LogP contribution in [0.3, 0.4) is 0 Å². The predicted octanol–water partition coefficient (Wildman–Crippen LogP) is 3.67. The highest BCUT2D eigenvalue weighted by molar-refractivity contribution is 4.88. The molecule has 2 fully saturated rings. The van der Waals surface area contributed by atoms with Crippen LogP contribution in [0, 0.1) is 11.3 Å². The fourth-order valence-electron chi connectivity index (χ4n) is 4.46. The maximum Gasteiger partial charge on any atom is 0.0169 e. The van der Waals surface area contributed by atoms with Crippen LogP contribution in [0.1, 0.15) is 66.2 Å². The molecule has 3 atom stereocenters. The molecule has 112 valence electrons. The van der Waals surface area contributed by atoms with Gasteiger partial charge in [0.2, 0.25) is 0 Å². The zero-order valence-electron chi connectivity index (χ0n) is 13.5. The van der Waals surface area contributed by atoms with E-state index in [1.807, 2.05) is 0 Å². The zero-order chi connectivity index (χ0) is 13.9. The van der Waals surface area contributed by atoms with E-state index in [4.69, 9.17) is 0 Å². The van der Waals surface area contributed by atoms with Crippen LogP contribution in [0.5, 0.6) is 0 Å². The summed E-state index contributed by atoms with van der Waals surface area (Å²) in [6.07, 6.45) is 8.36. The summed E-state index contributed by atoms with van der Waals surface area (Å²) >= 11 is 0. The number of piperidine rings is 1. The van der Waals surface area contributed by atoms with Gasteiger partial charge in [0, 0.05) is 18.6 Å². The lowest BCUT2D eigenvalue weighted by Crippen LogP contribution is -2.48. The molecule has 2 heteroatoms. The minimum atomic E-state index is 0.528. The summed E-state index contributed by atoms with van der Waals surface area (Å²) in [4.78, 5) is 2.65. The molecule has 19 heavy (non-hydrogen) atoms. The topological polar surface area (TPSA) is 15.3 Å². The lowest BCUT2D eigenvalue weighted by atomic mass is 9.70. The quantitative estimate of drug-likeness (QED) is 0.835. The molecule has 0 aromatic heterocycles. The molecule has 1 aliphatic carbocycles. The molecule has 0 amide bonds. The Hall–Kier alpha value is -0.0800. The summed E-state index contributed by atoms with van der Waals surface area (Å²) < 4.78 is 0. The van der Waals surface area contributed by atoms with Crippen molar-refractivity contribution in [1.29, 1.82) is 0 Å². The average Bonchev–Trinajstić information content (AvgIpc) is 2.26. The molecule has 3 unspecified atom stereocenters. The number of nitrogens with zero attached hydrogens (tertiary/aromatic N) is 1. The zero-order valence-corrected chi connectivity index (χ0v) is 13.5. The van der Waals surface area contributed by atoms with Crippen molar-refractivity contribution in [2.45, 2.75) is 78.3 Å². The summed E-state index contributed by atoms with van der Waals surface area (Å²) in [6.45, 7) is 13.5. The molecule has 1 saturated carbocycles.